The van der Waals surface area contributed by atoms with Crippen molar-refractivity contribution in [1.82, 2.24) is 9.80 Å². The average Bonchev–Trinajstić information content (AvgIpc) is 3.28. The van der Waals surface area contributed by atoms with Crippen LogP contribution in [0.4, 0.5) is 0 Å². The molecule has 6 heteroatoms. The van der Waals surface area contributed by atoms with E-state index < -0.39 is 0 Å². The maximum atomic E-state index is 12.7. The van der Waals surface area contributed by atoms with Crippen molar-refractivity contribution in [1.29, 1.82) is 0 Å². The fourth-order valence-electron chi connectivity index (χ4n) is 3.38. The third-order valence-corrected chi connectivity index (χ3v) is 4.91. The lowest BCUT2D eigenvalue weighted by atomic mass is 10.1. The number of carbonyl (C=O) groups is 2. The maximum Gasteiger partial charge on any atom is 0.257 e. The minimum atomic E-state index is -0.0342. The summed E-state index contributed by atoms with van der Waals surface area (Å²) < 4.78 is 10.6. The Labute approximate surface area is 146 Å². The van der Waals surface area contributed by atoms with Gasteiger partial charge in [0.2, 0.25) is 0 Å². The molecule has 0 aliphatic carbocycles. The average molecular weight is 340 g/mol. The highest BCUT2D eigenvalue weighted by Gasteiger charge is 2.27. The Morgan fingerprint density at radius 3 is 2.28 bits per heavy atom. The predicted molar refractivity (Wildman–Crippen MR) is 90.2 cm³/mol. The zero-order chi connectivity index (χ0) is 17.4. The van der Waals surface area contributed by atoms with Crippen molar-refractivity contribution in [2.75, 3.05) is 26.2 Å². The molecule has 3 heterocycles. The van der Waals surface area contributed by atoms with Crippen molar-refractivity contribution >= 4 is 11.8 Å². The Kier molecular flexibility index (Phi) is 4.05. The summed E-state index contributed by atoms with van der Waals surface area (Å²) in [6.07, 6.45) is 1.53. The summed E-state index contributed by atoms with van der Waals surface area (Å²) in [6.45, 7) is 5.11. The molecule has 0 N–H and O–H groups in total. The molecule has 0 bridgehead atoms. The topological polar surface area (TPSA) is 63.0 Å². The lowest BCUT2D eigenvalue weighted by Crippen LogP contribution is -2.50. The summed E-state index contributed by atoms with van der Waals surface area (Å²) in [5.74, 6) is 0.609. The number of hydrogen-bond donors (Lipinski definition) is 0. The van der Waals surface area contributed by atoms with E-state index in [0.717, 1.165) is 11.1 Å². The molecule has 6 nitrogen and oxygen atoms in total. The summed E-state index contributed by atoms with van der Waals surface area (Å²) in [5, 5.41) is 0. The number of nitrogens with zero attached hydrogens (tertiary/aromatic N) is 2. The zero-order valence-corrected chi connectivity index (χ0v) is 14.2. The molecule has 2 amide bonds. The SMILES string of the molecule is Cc1occc1C(=O)N1CCN(C(=O)c2ccc3c(c2)COC3)CC1. The molecule has 2 aliphatic rings. The normalized spacial score (nSPS) is 16.8. The number of carbonyl (C=O) groups excluding carboxylic acids is 2. The molecule has 130 valence electrons. The number of amides is 2. The summed E-state index contributed by atoms with van der Waals surface area (Å²) in [4.78, 5) is 28.8. The van der Waals surface area contributed by atoms with Crippen LogP contribution in [0.15, 0.2) is 34.9 Å². The summed E-state index contributed by atoms with van der Waals surface area (Å²) in [7, 11) is 0. The molecule has 1 aromatic carbocycles. The number of hydrogen-bond acceptors (Lipinski definition) is 4. The van der Waals surface area contributed by atoms with Crippen molar-refractivity contribution in [3.05, 3.63) is 58.5 Å². The molecular formula is C19H20N2O4. The van der Waals surface area contributed by atoms with Gasteiger partial charge in [-0.1, -0.05) is 6.07 Å². The van der Waals surface area contributed by atoms with Gasteiger partial charge in [0.1, 0.15) is 5.76 Å². The van der Waals surface area contributed by atoms with E-state index in [1.807, 2.05) is 23.1 Å². The molecular weight excluding hydrogens is 320 g/mol. The largest absolute Gasteiger partial charge is 0.469 e. The molecule has 4 rings (SSSR count). The van der Waals surface area contributed by atoms with E-state index in [4.69, 9.17) is 9.15 Å². The first-order valence-electron chi connectivity index (χ1n) is 8.45. The molecule has 0 unspecified atom stereocenters. The quantitative estimate of drug-likeness (QED) is 0.841. The van der Waals surface area contributed by atoms with Gasteiger partial charge in [-0.3, -0.25) is 9.59 Å². The molecule has 2 aliphatic heterocycles. The number of rotatable bonds is 2. The summed E-state index contributed by atoms with van der Waals surface area (Å²) >= 11 is 0. The Bertz CT molecular complexity index is 819. The second kappa shape index (κ2) is 6.37. The Morgan fingerprint density at radius 1 is 0.920 bits per heavy atom. The van der Waals surface area contributed by atoms with Crippen LogP contribution in [0.25, 0.3) is 0 Å². The summed E-state index contributed by atoms with van der Waals surface area (Å²) in [5.41, 5.74) is 3.53. The first kappa shape index (κ1) is 15.9. The van der Waals surface area contributed by atoms with Gasteiger partial charge >= 0.3 is 0 Å². The van der Waals surface area contributed by atoms with Gasteiger partial charge in [-0.25, -0.2) is 0 Å². The molecule has 1 aromatic heterocycles. The standard InChI is InChI=1S/C19H20N2O4/c1-13-17(4-9-25-13)19(23)21-7-5-20(6-8-21)18(22)14-2-3-15-11-24-12-16(15)10-14/h2-4,9-10H,5-8,11-12H2,1H3. The van der Waals surface area contributed by atoms with E-state index in [-0.39, 0.29) is 11.8 Å². The van der Waals surface area contributed by atoms with Gasteiger partial charge in [-0.2, -0.15) is 0 Å². The molecule has 0 spiro atoms. The number of fused-ring (bicyclic) bond motifs is 1. The second-order valence-electron chi connectivity index (χ2n) is 6.45. The van der Waals surface area contributed by atoms with Crippen LogP contribution in [-0.4, -0.2) is 47.8 Å². The lowest BCUT2D eigenvalue weighted by molar-refractivity contribution is 0.0534. The zero-order valence-electron chi connectivity index (χ0n) is 14.2. The summed E-state index contributed by atoms with van der Waals surface area (Å²) in [6, 6.07) is 7.46. The van der Waals surface area contributed by atoms with Crippen LogP contribution in [0, 0.1) is 6.92 Å². The lowest BCUT2D eigenvalue weighted by Gasteiger charge is -2.34. The Morgan fingerprint density at radius 2 is 1.60 bits per heavy atom. The fraction of sp³-hybridized carbons (Fsp3) is 0.368. The van der Waals surface area contributed by atoms with Crippen molar-refractivity contribution in [3.63, 3.8) is 0 Å². The number of furan rings is 1. The minimum Gasteiger partial charge on any atom is -0.469 e. The van der Waals surface area contributed by atoms with Crippen LogP contribution in [0.3, 0.4) is 0 Å². The van der Waals surface area contributed by atoms with Gasteiger partial charge in [0.15, 0.2) is 0 Å². The molecule has 25 heavy (non-hydrogen) atoms. The highest BCUT2D eigenvalue weighted by molar-refractivity contribution is 5.96. The number of benzene rings is 1. The van der Waals surface area contributed by atoms with Crippen LogP contribution in [0.1, 0.15) is 37.6 Å². The highest BCUT2D eigenvalue weighted by atomic mass is 16.5. The molecule has 1 fully saturated rings. The smallest absolute Gasteiger partial charge is 0.257 e. The molecule has 1 saturated heterocycles. The van der Waals surface area contributed by atoms with E-state index in [2.05, 4.69) is 0 Å². The van der Waals surface area contributed by atoms with Crippen LogP contribution >= 0.6 is 0 Å². The van der Waals surface area contributed by atoms with E-state index in [1.54, 1.807) is 17.9 Å². The van der Waals surface area contributed by atoms with E-state index >= 15 is 0 Å². The van der Waals surface area contributed by atoms with Gasteiger partial charge in [-0.15, -0.1) is 0 Å². The number of ether oxygens (including phenoxy) is 1. The van der Waals surface area contributed by atoms with Crippen molar-refractivity contribution in [2.24, 2.45) is 0 Å². The van der Waals surface area contributed by atoms with Crippen molar-refractivity contribution in [3.8, 4) is 0 Å². The van der Waals surface area contributed by atoms with Gasteiger partial charge < -0.3 is 19.0 Å². The number of piperazine rings is 1. The van der Waals surface area contributed by atoms with Crippen LogP contribution in [-0.2, 0) is 18.0 Å². The van der Waals surface area contributed by atoms with Gasteiger partial charge in [-0.05, 0) is 36.2 Å². The Balaban J connectivity index is 1.41. The van der Waals surface area contributed by atoms with E-state index in [0.29, 0.717) is 56.3 Å². The van der Waals surface area contributed by atoms with Crippen molar-refractivity contribution in [2.45, 2.75) is 20.1 Å². The third kappa shape index (κ3) is 2.93. The monoisotopic (exact) mass is 340 g/mol. The second-order valence-corrected chi connectivity index (χ2v) is 6.45. The first-order valence-corrected chi connectivity index (χ1v) is 8.45. The van der Waals surface area contributed by atoms with Crippen LogP contribution in [0.2, 0.25) is 0 Å². The highest BCUT2D eigenvalue weighted by Crippen LogP contribution is 2.22. The van der Waals surface area contributed by atoms with Crippen molar-refractivity contribution < 1.29 is 18.7 Å². The van der Waals surface area contributed by atoms with Crippen LogP contribution < -0.4 is 0 Å². The molecule has 2 aromatic rings. The van der Waals surface area contributed by atoms with Crippen LogP contribution in [0.5, 0.6) is 0 Å². The molecule has 0 atom stereocenters. The Hall–Kier alpha value is -2.60. The third-order valence-electron chi connectivity index (χ3n) is 4.91. The van der Waals surface area contributed by atoms with Gasteiger partial charge in [0.25, 0.3) is 11.8 Å². The fourth-order valence-corrected chi connectivity index (χ4v) is 3.38. The van der Waals surface area contributed by atoms with E-state index in [9.17, 15) is 9.59 Å². The van der Waals surface area contributed by atoms with E-state index in [1.165, 1.54) is 6.26 Å². The van der Waals surface area contributed by atoms with Gasteiger partial charge in [0, 0.05) is 31.7 Å². The predicted octanol–water partition coefficient (Wildman–Crippen LogP) is 2.22. The molecule has 0 saturated carbocycles. The minimum absolute atomic E-state index is 0.0151. The first-order chi connectivity index (χ1) is 12.1. The maximum absolute atomic E-state index is 12.7. The number of aryl methyl sites for hydroxylation is 1. The molecule has 0 radical (unpaired) electrons. The van der Waals surface area contributed by atoms with Gasteiger partial charge in [0.05, 0.1) is 25.0 Å².